The highest BCUT2D eigenvalue weighted by atomic mass is 32.1. The molecular formula is C19H22N2O2S. The molecule has 5 heteroatoms. The molecule has 0 aliphatic rings. The van der Waals surface area contributed by atoms with Crippen LogP contribution in [-0.2, 0) is 6.54 Å². The lowest BCUT2D eigenvalue weighted by Crippen LogP contribution is -2.08. The summed E-state index contributed by atoms with van der Waals surface area (Å²) in [5, 5.41) is 0. The van der Waals surface area contributed by atoms with E-state index in [0.29, 0.717) is 16.0 Å². The summed E-state index contributed by atoms with van der Waals surface area (Å²) in [4.78, 5) is 4.36. The van der Waals surface area contributed by atoms with E-state index in [-0.39, 0.29) is 6.08 Å². The minimum atomic E-state index is 0.227. The highest BCUT2D eigenvalue weighted by Gasteiger charge is 2.12. The van der Waals surface area contributed by atoms with Crippen molar-refractivity contribution in [3.05, 3.63) is 46.2 Å². The Balaban J connectivity index is 1.93. The molecule has 0 atom stereocenters. The highest BCUT2D eigenvalue weighted by molar-refractivity contribution is 7.71. The maximum atomic E-state index is 5.87. The van der Waals surface area contributed by atoms with E-state index in [4.69, 9.17) is 21.4 Å². The molecule has 0 aliphatic carbocycles. The molecule has 2 heterocycles. The Morgan fingerprint density at radius 2 is 2.00 bits per heavy atom. The van der Waals surface area contributed by atoms with E-state index >= 15 is 0 Å². The summed E-state index contributed by atoms with van der Waals surface area (Å²) in [6.45, 7) is 7.27. The van der Waals surface area contributed by atoms with E-state index in [1.165, 1.54) is 18.5 Å². The van der Waals surface area contributed by atoms with Crippen molar-refractivity contribution in [2.24, 2.45) is 0 Å². The van der Waals surface area contributed by atoms with Gasteiger partial charge in [-0.15, -0.1) is 0 Å². The lowest BCUT2D eigenvalue weighted by atomic mass is 10.2. The largest absolute Gasteiger partial charge is 0.409 e. The monoisotopic (exact) mass is 342 g/mol. The molecule has 2 aromatic heterocycles. The molecule has 0 unspecified atom stereocenters. The van der Waals surface area contributed by atoms with E-state index in [1.54, 1.807) is 0 Å². The van der Waals surface area contributed by atoms with Crippen LogP contribution in [0.1, 0.15) is 37.4 Å². The molecule has 4 nitrogen and oxygen atoms in total. The van der Waals surface area contributed by atoms with Crippen molar-refractivity contribution >= 4 is 23.3 Å². The second-order valence-corrected chi connectivity index (χ2v) is 6.38. The van der Waals surface area contributed by atoms with Crippen LogP contribution in [0.5, 0.6) is 11.8 Å². The Morgan fingerprint density at radius 1 is 1.21 bits per heavy atom. The molecule has 0 saturated carbocycles. The van der Waals surface area contributed by atoms with Crippen LogP contribution in [0.15, 0.2) is 34.7 Å². The van der Waals surface area contributed by atoms with Gasteiger partial charge in [-0.2, -0.15) is 4.98 Å². The second-order valence-electron chi connectivity index (χ2n) is 5.99. The van der Waals surface area contributed by atoms with Gasteiger partial charge in [0.1, 0.15) is 10.2 Å². The van der Waals surface area contributed by atoms with Gasteiger partial charge in [0.15, 0.2) is 11.3 Å². The maximum Gasteiger partial charge on any atom is 0.400 e. The van der Waals surface area contributed by atoms with Crippen molar-refractivity contribution in [1.82, 2.24) is 9.55 Å². The van der Waals surface area contributed by atoms with Crippen LogP contribution in [-0.4, -0.2) is 9.55 Å². The minimum Gasteiger partial charge on any atom is -0.409 e. The molecule has 0 N–H and O–H groups in total. The standard InChI is InChI=1S/C19H22N2O2S/c1-4-5-8-11-21-14(3)13(2)12-17(18(21)24)23-19-20-15-9-6-7-10-16(15)22-19/h6-7,9-10,12H,4-5,8,11H2,1-3H3. The number of nitrogens with zero attached hydrogens (tertiary/aromatic N) is 2. The molecule has 3 rings (SSSR count). The number of para-hydroxylation sites is 2. The number of fused-ring (bicyclic) bond motifs is 1. The topological polar surface area (TPSA) is 40.2 Å². The number of unbranched alkanes of at least 4 members (excludes halogenated alkanes) is 2. The molecule has 1 aromatic carbocycles. The van der Waals surface area contributed by atoms with Crippen molar-refractivity contribution in [2.75, 3.05) is 0 Å². The predicted molar refractivity (Wildman–Crippen MR) is 98.3 cm³/mol. The second kappa shape index (κ2) is 7.18. The third-order valence-electron chi connectivity index (χ3n) is 4.24. The molecule has 0 radical (unpaired) electrons. The van der Waals surface area contributed by atoms with Gasteiger partial charge in [-0.1, -0.05) is 44.1 Å². The third-order valence-corrected chi connectivity index (χ3v) is 4.66. The summed E-state index contributed by atoms with van der Waals surface area (Å²) < 4.78 is 14.4. The van der Waals surface area contributed by atoms with Gasteiger partial charge in [0.2, 0.25) is 0 Å². The predicted octanol–water partition coefficient (Wildman–Crippen LogP) is 5.96. The van der Waals surface area contributed by atoms with Gasteiger partial charge in [-0.05, 0) is 44.0 Å². The Bertz CT molecular complexity index is 878. The van der Waals surface area contributed by atoms with E-state index < -0.39 is 0 Å². The van der Waals surface area contributed by atoms with E-state index in [2.05, 4.69) is 30.3 Å². The van der Waals surface area contributed by atoms with Gasteiger partial charge >= 0.3 is 6.08 Å². The van der Waals surface area contributed by atoms with Crippen molar-refractivity contribution in [1.29, 1.82) is 0 Å². The first-order valence-electron chi connectivity index (χ1n) is 8.34. The van der Waals surface area contributed by atoms with Gasteiger partial charge in [-0.3, -0.25) is 0 Å². The van der Waals surface area contributed by atoms with Gasteiger partial charge in [-0.25, -0.2) is 0 Å². The highest BCUT2D eigenvalue weighted by Crippen LogP contribution is 2.28. The fraction of sp³-hybridized carbons (Fsp3) is 0.368. The summed E-state index contributed by atoms with van der Waals surface area (Å²) in [5.41, 5.74) is 3.81. The van der Waals surface area contributed by atoms with Crippen molar-refractivity contribution in [2.45, 2.75) is 46.6 Å². The fourth-order valence-electron chi connectivity index (χ4n) is 2.71. The number of ether oxygens (including phenoxy) is 1. The average molecular weight is 342 g/mol. The molecule has 0 saturated heterocycles. The molecule has 0 spiro atoms. The van der Waals surface area contributed by atoms with Crippen LogP contribution in [0, 0.1) is 18.5 Å². The normalized spacial score (nSPS) is 11.1. The van der Waals surface area contributed by atoms with E-state index in [9.17, 15) is 0 Å². The Hall–Kier alpha value is -2.14. The Morgan fingerprint density at radius 3 is 2.75 bits per heavy atom. The van der Waals surface area contributed by atoms with Crippen LogP contribution in [0.2, 0.25) is 0 Å². The first kappa shape index (κ1) is 16.7. The van der Waals surface area contributed by atoms with Crippen molar-refractivity contribution in [3.8, 4) is 11.8 Å². The Labute approximate surface area is 147 Å². The minimum absolute atomic E-state index is 0.227. The first-order chi connectivity index (χ1) is 11.6. The van der Waals surface area contributed by atoms with Crippen LogP contribution in [0.25, 0.3) is 11.1 Å². The van der Waals surface area contributed by atoms with Crippen LogP contribution < -0.4 is 4.74 Å². The summed E-state index contributed by atoms with van der Waals surface area (Å²) in [5.74, 6) is 0.621. The van der Waals surface area contributed by atoms with Crippen molar-refractivity contribution in [3.63, 3.8) is 0 Å². The van der Waals surface area contributed by atoms with Gasteiger partial charge in [0, 0.05) is 12.2 Å². The van der Waals surface area contributed by atoms with E-state index in [0.717, 1.165) is 24.0 Å². The van der Waals surface area contributed by atoms with E-state index in [1.807, 2.05) is 30.3 Å². The molecule has 0 fully saturated rings. The number of hydrogen-bond acceptors (Lipinski definition) is 4. The van der Waals surface area contributed by atoms with Crippen LogP contribution >= 0.6 is 12.2 Å². The molecule has 3 aromatic rings. The molecule has 126 valence electrons. The molecular weight excluding hydrogens is 320 g/mol. The summed E-state index contributed by atoms with van der Waals surface area (Å²) in [7, 11) is 0. The average Bonchev–Trinajstić information content (AvgIpc) is 2.98. The zero-order valence-electron chi connectivity index (χ0n) is 14.3. The fourth-order valence-corrected chi connectivity index (χ4v) is 3.04. The molecule has 24 heavy (non-hydrogen) atoms. The van der Waals surface area contributed by atoms with Crippen LogP contribution in [0.4, 0.5) is 0 Å². The number of benzene rings is 1. The molecule has 0 aliphatic heterocycles. The summed E-state index contributed by atoms with van der Waals surface area (Å²) in [6.07, 6.45) is 3.71. The number of pyridine rings is 1. The van der Waals surface area contributed by atoms with Gasteiger partial charge in [0.05, 0.1) is 0 Å². The smallest absolute Gasteiger partial charge is 0.400 e. The number of hydrogen-bond donors (Lipinski definition) is 0. The molecule has 0 bridgehead atoms. The lowest BCUT2D eigenvalue weighted by molar-refractivity contribution is 0.338. The number of aryl methyl sites for hydroxylation is 1. The van der Waals surface area contributed by atoms with Gasteiger partial charge in [0.25, 0.3) is 0 Å². The van der Waals surface area contributed by atoms with Gasteiger partial charge < -0.3 is 13.7 Å². The maximum absolute atomic E-state index is 5.87. The first-order valence-corrected chi connectivity index (χ1v) is 8.75. The summed E-state index contributed by atoms with van der Waals surface area (Å²) in [6, 6.07) is 9.56. The number of aromatic nitrogens is 2. The molecule has 0 amide bonds. The zero-order chi connectivity index (χ0) is 17.1. The third kappa shape index (κ3) is 3.36. The van der Waals surface area contributed by atoms with Crippen LogP contribution in [0.3, 0.4) is 0 Å². The number of oxazole rings is 1. The lowest BCUT2D eigenvalue weighted by Gasteiger charge is -2.15. The number of rotatable bonds is 6. The Kier molecular flexibility index (Phi) is 5.00. The van der Waals surface area contributed by atoms with Crippen molar-refractivity contribution < 1.29 is 9.15 Å². The zero-order valence-corrected chi connectivity index (χ0v) is 15.2. The SMILES string of the molecule is CCCCCn1c(C)c(C)cc(Oc2nc3ccccc3o2)c1=S. The summed E-state index contributed by atoms with van der Waals surface area (Å²) >= 11 is 5.64. The quantitative estimate of drug-likeness (QED) is 0.409.